The van der Waals surface area contributed by atoms with Crippen LogP contribution in [0.3, 0.4) is 0 Å². The molecule has 7 nitrogen and oxygen atoms in total. The summed E-state index contributed by atoms with van der Waals surface area (Å²) in [6, 6.07) is 5.73. The SMILES string of the molecule is C[C@@H](OC(=O)c1cccc(S(=O)(=O)N2CCCC2)c1)C(=O)NC(C)(C)C. The topological polar surface area (TPSA) is 92.8 Å². The molecule has 1 heterocycles. The normalized spacial score (nSPS) is 16.9. The summed E-state index contributed by atoms with van der Waals surface area (Å²) in [5.41, 5.74) is -0.345. The third-order valence-electron chi connectivity index (χ3n) is 3.92. The third kappa shape index (κ3) is 5.04. The molecule has 0 saturated carbocycles. The first-order chi connectivity index (χ1) is 12.0. The van der Waals surface area contributed by atoms with E-state index < -0.39 is 33.5 Å². The Kier molecular flexibility index (Phi) is 6.08. The Morgan fingerprint density at radius 3 is 2.38 bits per heavy atom. The second-order valence-corrected chi connectivity index (χ2v) is 9.36. The van der Waals surface area contributed by atoms with E-state index in [0.717, 1.165) is 12.8 Å². The van der Waals surface area contributed by atoms with Gasteiger partial charge in [0.1, 0.15) is 0 Å². The average Bonchev–Trinajstić information content (AvgIpc) is 3.08. The first-order valence-electron chi connectivity index (χ1n) is 8.64. The standard InChI is InChI=1S/C18H26N2O5S/c1-13(16(21)19-18(2,3)4)25-17(22)14-8-7-9-15(12-14)26(23,24)20-10-5-6-11-20/h7-9,12-13H,5-6,10-11H2,1-4H3,(H,19,21)/t13-/m1/s1. The van der Waals surface area contributed by atoms with Crippen molar-refractivity contribution in [1.29, 1.82) is 0 Å². The van der Waals surface area contributed by atoms with E-state index in [1.165, 1.54) is 35.5 Å². The van der Waals surface area contributed by atoms with Crippen molar-refractivity contribution in [1.82, 2.24) is 9.62 Å². The van der Waals surface area contributed by atoms with E-state index in [9.17, 15) is 18.0 Å². The van der Waals surface area contributed by atoms with Crippen LogP contribution < -0.4 is 5.32 Å². The smallest absolute Gasteiger partial charge is 0.338 e. The summed E-state index contributed by atoms with van der Waals surface area (Å²) < 4.78 is 31.8. The fourth-order valence-corrected chi connectivity index (χ4v) is 4.18. The predicted molar refractivity (Wildman–Crippen MR) is 97.2 cm³/mol. The zero-order valence-electron chi connectivity index (χ0n) is 15.6. The number of hydrogen-bond donors (Lipinski definition) is 1. The van der Waals surface area contributed by atoms with Crippen LogP contribution in [0.15, 0.2) is 29.2 Å². The summed E-state index contributed by atoms with van der Waals surface area (Å²) in [5, 5.41) is 2.73. The molecule has 1 N–H and O–H groups in total. The zero-order valence-corrected chi connectivity index (χ0v) is 16.4. The molecule has 26 heavy (non-hydrogen) atoms. The lowest BCUT2D eigenvalue weighted by Crippen LogP contribution is -2.46. The lowest BCUT2D eigenvalue weighted by molar-refractivity contribution is -0.130. The number of rotatable bonds is 5. The highest BCUT2D eigenvalue weighted by atomic mass is 32.2. The van der Waals surface area contributed by atoms with Crippen LogP contribution in [0, 0.1) is 0 Å². The number of ether oxygens (including phenoxy) is 1. The summed E-state index contributed by atoms with van der Waals surface area (Å²) in [5.74, 6) is -1.15. The predicted octanol–water partition coefficient (Wildman–Crippen LogP) is 1.93. The van der Waals surface area contributed by atoms with Gasteiger partial charge in [-0.25, -0.2) is 13.2 Å². The Hall–Kier alpha value is -1.93. The number of benzene rings is 1. The van der Waals surface area contributed by atoms with Crippen molar-refractivity contribution in [2.45, 2.75) is 57.1 Å². The minimum Gasteiger partial charge on any atom is -0.449 e. The van der Waals surface area contributed by atoms with Crippen LogP contribution in [-0.4, -0.2) is 49.3 Å². The third-order valence-corrected chi connectivity index (χ3v) is 5.82. The van der Waals surface area contributed by atoms with Gasteiger partial charge in [-0.1, -0.05) is 6.07 Å². The van der Waals surface area contributed by atoms with Crippen molar-refractivity contribution >= 4 is 21.9 Å². The summed E-state index contributed by atoms with van der Waals surface area (Å²) in [4.78, 5) is 24.4. The second kappa shape index (κ2) is 7.75. The molecule has 0 aliphatic carbocycles. The van der Waals surface area contributed by atoms with Crippen molar-refractivity contribution in [3.63, 3.8) is 0 Å². The molecular formula is C18H26N2O5S. The fourth-order valence-electron chi connectivity index (χ4n) is 2.61. The fraction of sp³-hybridized carbons (Fsp3) is 0.556. The molecule has 1 atom stereocenters. The van der Waals surface area contributed by atoms with E-state index >= 15 is 0 Å². The van der Waals surface area contributed by atoms with Gasteiger partial charge >= 0.3 is 5.97 Å². The molecule has 0 unspecified atom stereocenters. The van der Waals surface area contributed by atoms with Crippen molar-refractivity contribution in [3.8, 4) is 0 Å². The first-order valence-corrected chi connectivity index (χ1v) is 10.1. The Bertz CT molecular complexity index is 777. The average molecular weight is 382 g/mol. The van der Waals surface area contributed by atoms with Crippen LogP contribution in [0.1, 0.15) is 50.9 Å². The van der Waals surface area contributed by atoms with Gasteiger partial charge in [0.05, 0.1) is 10.5 Å². The molecule has 0 spiro atoms. The van der Waals surface area contributed by atoms with Crippen LogP contribution in [-0.2, 0) is 19.6 Å². The lowest BCUT2D eigenvalue weighted by atomic mass is 10.1. The highest BCUT2D eigenvalue weighted by Gasteiger charge is 2.28. The number of carbonyl (C=O) groups excluding carboxylic acids is 2. The molecule has 1 aromatic carbocycles. The number of esters is 1. The van der Waals surface area contributed by atoms with Gasteiger partial charge in [0.25, 0.3) is 5.91 Å². The van der Waals surface area contributed by atoms with E-state index in [4.69, 9.17) is 4.74 Å². The molecular weight excluding hydrogens is 356 g/mol. The van der Waals surface area contributed by atoms with E-state index in [0.29, 0.717) is 13.1 Å². The quantitative estimate of drug-likeness (QED) is 0.786. The van der Waals surface area contributed by atoms with E-state index in [2.05, 4.69) is 5.32 Å². The number of nitrogens with one attached hydrogen (secondary N) is 1. The molecule has 0 bridgehead atoms. The van der Waals surface area contributed by atoms with Crippen LogP contribution in [0.5, 0.6) is 0 Å². The highest BCUT2D eigenvalue weighted by molar-refractivity contribution is 7.89. The van der Waals surface area contributed by atoms with Gasteiger partial charge in [0.2, 0.25) is 10.0 Å². The number of nitrogens with zero attached hydrogens (tertiary/aromatic N) is 1. The van der Waals surface area contributed by atoms with E-state index in [1.54, 1.807) is 0 Å². The van der Waals surface area contributed by atoms with Crippen molar-refractivity contribution < 1.29 is 22.7 Å². The summed E-state index contributed by atoms with van der Waals surface area (Å²) in [7, 11) is -3.62. The van der Waals surface area contributed by atoms with Crippen molar-refractivity contribution in [2.75, 3.05) is 13.1 Å². The first kappa shape index (κ1) is 20.4. The van der Waals surface area contributed by atoms with Crippen LogP contribution in [0.25, 0.3) is 0 Å². The van der Waals surface area contributed by atoms with Gasteiger partial charge in [-0.15, -0.1) is 0 Å². The van der Waals surface area contributed by atoms with Gasteiger partial charge in [-0.2, -0.15) is 4.31 Å². The van der Waals surface area contributed by atoms with Gasteiger partial charge < -0.3 is 10.1 Å². The van der Waals surface area contributed by atoms with E-state index in [-0.39, 0.29) is 10.5 Å². The monoisotopic (exact) mass is 382 g/mol. The number of amides is 1. The summed E-state index contributed by atoms with van der Waals surface area (Å²) in [6.45, 7) is 7.93. The Morgan fingerprint density at radius 2 is 1.81 bits per heavy atom. The Balaban J connectivity index is 2.12. The maximum atomic E-state index is 12.6. The summed E-state index contributed by atoms with van der Waals surface area (Å²) in [6.07, 6.45) is 0.684. The second-order valence-electron chi connectivity index (χ2n) is 7.43. The van der Waals surface area contributed by atoms with E-state index in [1.807, 2.05) is 20.8 Å². The van der Waals surface area contributed by atoms with Gasteiger partial charge in [-0.05, 0) is 58.7 Å². The molecule has 1 aliphatic rings. The van der Waals surface area contributed by atoms with Gasteiger partial charge in [0, 0.05) is 18.6 Å². The van der Waals surface area contributed by atoms with Crippen molar-refractivity contribution in [2.24, 2.45) is 0 Å². The molecule has 1 fully saturated rings. The lowest BCUT2D eigenvalue weighted by Gasteiger charge is -2.23. The molecule has 1 amide bonds. The number of hydrogen-bond acceptors (Lipinski definition) is 5. The highest BCUT2D eigenvalue weighted by Crippen LogP contribution is 2.22. The molecule has 1 aromatic rings. The zero-order chi connectivity index (χ0) is 19.5. The summed E-state index contributed by atoms with van der Waals surface area (Å²) >= 11 is 0. The van der Waals surface area contributed by atoms with Crippen molar-refractivity contribution in [3.05, 3.63) is 29.8 Å². The Morgan fingerprint density at radius 1 is 1.19 bits per heavy atom. The molecule has 0 aromatic heterocycles. The maximum Gasteiger partial charge on any atom is 0.338 e. The molecule has 144 valence electrons. The minimum atomic E-state index is -3.62. The number of sulfonamides is 1. The maximum absolute atomic E-state index is 12.6. The molecule has 2 rings (SSSR count). The van der Waals surface area contributed by atoms with Crippen LogP contribution >= 0.6 is 0 Å². The number of carbonyl (C=O) groups is 2. The van der Waals surface area contributed by atoms with Gasteiger partial charge in [-0.3, -0.25) is 4.79 Å². The van der Waals surface area contributed by atoms with Crippen LogP contribution in [0.4, 0.5) is 0 Å². The van der Waals surface area contributed by atoms with Gasteiger partial charge in [0.15, 0.2) is 6.10 Å². The molecule has 8 heteroatoms. The molecule has 1 aliphatic heterocycles. The molecule has 1 saturated heterocycles. The molecule has 0 radical (unpaired) electrons. The Labute approximate surface area is 154 Å². The minimum absolute atomic E-state index is 0.0562. The largest absolute Gasteiger partial charge is 0.449 e. The van der Waals surface area contributed by atoms with Crippen LogP contribution in [0.2, 0.25) is 0 Å².